The Morgan fingerprint density at radius 3 is 2.67 bits per heavy atom. The summed E-state index contributed by atoms with van der Waals surface area (Å²) in [6, 6.07) is 0. The molecule has 0 aromatic rings. The van der Waals surface area contributed by atoms with Crippen molar-refractivity contribution in [3.63, 3.8) is 0 Å². The molecule has 2 aliphatic heterocycles. The Bertz CT molecular complexity index is 361. The van der Waals surface area contributed by atoms with E-state index in [0.717, 1.165) is 44.1 Å². The highest BCUT2D eigenvalue weighted by molar-refractivity contribution is 14.0. The fourth-order valence-corrected chi connectivity index (χ4v) is 3.74. The van der Waals surface area contributed by atoms with Crippen LogP contribution in [-0.4, -0.2) is 75.8 Å². The Balaban J connectivity index is 0.00000288. The monoisotopic (exact) mass is 452 g/mol. The number of likely N-dealkylation sites (tertiary alicyclic amines) is 1. The molecule has 142 valence electrons. The van der Waals surface area contributed by atoms with Gasteiger partial charge in [0.15, 0.2) is 5.96 Å². The highest BCUT2D eigenvalue weighted by atomic mass is 127. The summed E-state index contributed by atoms with van der Waals surface area (Å²) < 4.78 is 5.45. The van der Waals surface area contributed by atoms with Crippen molar-refractivity contribution in [2.24, 2.45) is 16.8 Å². The second-order valence-corrected chi connectivity index (χ2v) is 7.10. The molecular weight excluding hydrogens is 415 g/mol. The summed E-state index contributed by atoms with van der Waals surface area (Å²) in [4.78, 5) is 9.32. The lowest BCUT2D eigenvalue weighted by atomic mass is 9.96. The summed E-state index contributed by atoms with van der Waals surface area (Å²) in [5, 5.41) is 3.60. The van der Waals surface area contributed by atoms with Gasteiger partial charge in [0.25, 0.3) is 0 Å². The number of aliphatic imine (C=N–C) groups is 1. The molecule has 0 radical (unpaired) electrons. The number of piperidine rings is 1. The lowest BCUT2D eigenvalue weighted by Gasteiger charge is -2.33. The Hall–Kier alpha value is -0.0800. The molecule has 0 aliphatic carbocycles. The Kier molecular flexibility index (Phi) is 11.3. The third-order valence-corrected chi connectivity index (χ3v) is 5.39. The minimum absolute atomic E-state index is 0. The minimum Gasteiger partial charge on any atom is -0.381 e. The largest absolute Gasteiger partial charge is 0.381 e. The highest BCUT2D eigenvalue weighted by Crippen LogP contribution is 2.18. The van der Waals surface area contributed by atoms with E-state index in [-0.39, 0.29) is 24.0 Å². The molecule has 0 bridgehead atoms. The van der Waals surface area contributed by atoms with Gasteiger partial charge in [-0.3, -0.25) is 4.99 Å². The van der Waals surface area contributed by atoms with E-state index in [1.165, 1.54) is 51.7 Å². The van der Waals surface area contributed by atoms with E-state index in [4.69, 9.17) is 4.74 Å². The predicted octanol–water partition coefficient (Wildman–Crippen LogP) is 2.66. The summed E-state index contributed by atoms with van der Waals surface area (Å²) in [5.74, 6) is 2.62. The van der Waals surface area contributed by atoms with E-state index < -0.39 is 0 Å². The number of ether oxygens (including phenoxy) is 1. The first-order valence-electron chi connectivity index (χ1n) is 9.44. The summed E-state index contributed by atoms with van der Waals surface area (Å²) in [6.07, 6.45) is 6.35. The zero-order chi connectivity index (χ0) is 16.5. The molecule has 6 heteroatoms. The summed E-state index contributed by atoms with van der Waals surface area (Å²) in [5.41, 5.74) is 0. The zero-order valence-corrected chi connectivity index (χ0v) is 18.1. The standard InChI is InChI=1S/C18H36N4O.HI/c1-4-22-10-5-6-17(15-22)14-20-18(19-2)21(3)11-7-16-8-12-23-13-9-16;/h16-17H,4-15H2,1-3H3,(H,19,20);1H. The van der Waals surface area contributed by atoms with Gasteiger partial charge in [0, 0.05) is 46.9 Å². The van der Waals surface area contributed by atoms with Crippen LogP contribution in [0.1, 0.15) is 39.0 Å². The Morgan fingerprint density at radius 1 is 1.25 bits per heavy atom. The molecule has 0 aromatic heterocycles. The Labute approximate surface area is 165 Å². The normalized spacial score (nSPS) is 23.6. The van der Waals surface area contributed by atoms with Crippen LogP contribution in [0, 0.1) is 11.8 Å². The number of nitrogens with one attached hydrogen (secondary N) is 1. The molecule has 2 fully saturated rings. The zero-order valence-electron chi connectivity index (χ0n) is 15.8. The van der Waals surface area contributed by atoms with Crippen molar-refractivity contribution in [2.75, 3.05) is 60.0 Å². The van der Waals surface area contributed by atoms with Crippen molar-refractivity contribution in [3.05, 3.63) is 0 Å². The SMILES string of the molecule is CCN1CCCC(CNC(=NC)N(C)CCC2CCOCC2)C1.I. The van der Waals surface area contributed by atoms with Crippen LogP contribution in [0.5, 0.6) is 0 Å². The molecule has 1 N–H and O–H groups in total. The molecule has 5 nitrogen and oxygen atoms in total. The number of halogens is 1. The first kappa shape index (κ1) is 22.0. The van der Waals surface area contributed by atoms with Crippen molar-refractivity contribution in [1.82, 2.24) is 15.1 Å². The van der Waals surface area contributed by atoms with E-state index >= 15 is 0 Å². The maximum atomic E-state index is 5.45. The first-order chi connectivity index (χ1) is 11.2. The molecule has 0 spiro atoms. The van der Waals surface area contributed by atoms with Crippen LogP contribution < -0.4 is 5.32 Å². The van der Waals surface area contributed by atoms with Crippen molar-refractivity contribution < 1.29 is 4.74 Å². The second kappa shape index (κ2) is 12.3. The second-order valence-electron chi connectivity index (χ2n) is 7.10. The molecule has 2 rings (SSSR count). The quantitative estimate of drug-likeness (QED) is 0.382. The van der Waals surface area contributed by atoms with Gasteiger partial charge in [-0.15, -0.1) is 24.0 Å². The number of hydrogen-bond acceptors (Lipinski definition) is 3. The summed E-state index contributed by atoms with van der Waals surface area (Å²) in [6.45, 7) is 9.95. The molecule has 1 unspecified atom stereocenters. The van der Waals surface area contributed by atoms with Crippen molar-refractivity contribution in [1.29, 1.82) is 0 Å². The van der Waals surface area contributed by atoms with Crippen LogP contribution in [0.3, 0.4) is 0 Å². The van der Waals surface area contributed by atoms with Crippen LogP contribution in [0.25, 0.3) is 0 Å². The van der Waals surface area contributed by atoms with Gasteiger partial charge in [-0.25, -0.2) is 0 Å². The summed E-state index contributed by atoms with van der Waals surface area (Å²) >= 11 is 0. The van der Waals surface area contributed by atoms with Crippen molar-refractivity contribution >= 4 is 29.9 Å². The molecular formula is C18H37IN4O. The molecule has 2 saturated heterocycles. The van der Waals surface area contributed by atoms with Crippen molar-refractivity contribution in [2.45, 2.75) is 39.0 Å². The fourth-order valence-electron chi connectivity index (χ4n) is 3.74. The van der Waals surface area contributed by atoms with E-state index in [2.05, 4.69) is 34.1 Å². The van der Waals surface area contributed by atoms with Gasteiger partial charge in [0.2, 0.25) is 0 Å². The lowest BCUT2D eigenvalue weighted by molar-refractivity contribution is 0.0625. The third kappa shape index (κ3) is 7.44. The number of hydrogen-bond donors (Lipinski definition) is 1. The van der Waals surface area contributed by atoms with Crippen LogP contribution in [-0.2, 0) is 4.74 Å². The Morgan fingerprint density at radius 2 is 2.00 bits per heavy atom. The molecule has 24 heavy (non-hydrogen) atoms. The van der Waals surface area contributed by atoms with Crippen LogP contribution >= 0.6 is 24.0 Å². The maximum Gasteiger partial charge on any atom is 0.193 e. The molecule has 1 atom stereocenters. The van der Waals surface area contributed by atoms with Crippen molar-refractivity contribution in [3.8, 4) is 0 Å². The third-order valence-electron chi connectivity index (χ3n) is 5.39. The van der Waals surface area contributed by atoms with Gasteiger partial charge in [0.05, 0.1) is 0 Å². The smallest absolute Gasteiger partial charge is 0.193 e. The molecule has 2 heterocycles. The van der Waals surface area contributed by atoms with Gasteiger partial charge in [-0.2, -0.15) is 0 Å². The van der Waals surface area contributed by atoms with Gasteiger partial charge in [-0.1, -0.05) is 6.92 Å². The van der Waals surface area contributed by atoms with Crippen LogP contribution in [0.4, 0.5) is 0 Å². The highest BCUT2D eigenvalue weighted by Gasteiger charge is 2.20. The minimum atomic E-state index is 0. The van der Waals surface area contributed by atoms with E-state index in [1.54, 1.807) is 0 Å². The van der Waals surface area contributed by atoms with Gasteiger partial charge in [0.1, 0.15) is 0 Å². The van der Waals surface area contributed by atoms with Gasteiger partial charge >= 0.3 is 0 Å². The molecule has 0 aromatic carbocycles. The topological polar surface area (TPSA) is 40.1 Å². The van der Waals surface area contributed by atoms with E-state index in [0.29, 0.717) is 0 Å². The average molecular weight is 452 g/mol. The lowest BCUT2D eigenvalue weighted by Crippen LogP contribution is -2.45. The van der Waals surface area contributed by atoms with E-state index in [9.17, 15) is 0 Å². The predicted molar refractivity (Wildman–Crippen MR) is 112 cm³/mol. The number of rotatable bonds is 6. The van der Waals surface area contributed by atoms with E-state index in [1.807, 2.05) is 7.05 Å². The fraction of sp³-hybridized carbons (Fsp3) is 0.944. The van der Waals surface area contributed by atoms with Crippen LogP contribution in [0.2, 0.25) is 0 Å². The number of nitrogens with zero attached hydrogens (tertiary/aromatic N) is 3. The first-order valence-corrected chi connectivity index (χ1v) is 9.44. The summed E-state index contributed by atoms with van der Waals surface area (Å²) in [7, 11) is 4.06. The number of guanidine groups is 1. The molecule has 0 amide bonds. The van der Waals surface area contributed by atoms with Gasteiger partial charge in [-0.05, 0) is 57.0 Å². The van der Waals surface area contributed by atoms with Gasteiger partial charge < -0.3 is 19.9 Å². The van der Waals surface area contributed by atoms with Crippen LogP contribution in [0.15, 0.2) is 4.99 Å². The molecule has 0 saturated carbocycles. The molecule has 2 aliphatic rings. The average Bonchev–Trinajstić information content (AvgIpc) is 2.61. The maximum absolute atomic E-state index is 5.45.